The molecule has 1 atom stereocenters. The van der Waals surface area contributed by atoms with E-state index in [1.165, 1.54) is 16.9 Å². The van der Waals surface area contributed by atoms with E-state index in [1.54, 1.807) is 18.4 Å². The number of para-hydroxylation sites is 2. The first-order valence-electron chi connectivity index (χ1n) is 7.23. The molecule has 0 unspecified atom stereocenters. The van der Waals surface area contributed by atoms with E-state index in [4.69, 9.17) is 4.74 Å². The van der Waals surface area contributed by atoms with Crippen molar-refractivity contribution in [3.8, 4) is 5.75 Å². The summed E-state index contributed by atoms with van der Waals surface area (Å²) >= 11 is 1.63. The zero-order valence-electron chi connectivity index (χ0n) is 12.3. The first-order chi connectivity index (χ1) is 10.2. The Labute approximate surface area is 129 Å². The normalized spacial score (nSPS) is 17.1. The minimum atomic E-state index is -0.0495. The van der Waals surface area contributed by atoms with Crippen molar-refractivity contribution in [3.63, 3.8) is 0 Å². The van der Waals surface area contributed by atoms with E-state index in [-0.39, 0.29) is 5.91 Å². The number of methoxy groups -OCH3 is 1. The summed E-state index contributed by atoms with van der Waals surface area (Å²) in [6, 6.07) is 9.53. The van der Waals surface area contributed by atoms with Crippen LogP contribution in [0.15, 0.2) is 30.3 Å². The highest BCUT2D eigenvalue weighted by Gasteiger charge is 2.21. The van der Waals surface area contributed by atoms with Gasteiger partial charge in [0, 0.05) is 4.88 Å². The van der Waals surface area contributed by atoms with Gasteiger partial charge in [0.15, 0.2) is 0 Å². The molecular formula is C17H19NO2S. The Morgan fingerprint density at radius 3 is 3.00 bits per heavy atom. The van der Waals surface area contributed by atoms with Crippen molar-refractivity contribution in [2.45, 2.75) is 26.2 Å². The van der Waals surface area contributed by atoms with Crippen LogP contribution < -0.4 is 10.1 Å². The molecular weight excluding hydrogens is 282 g/mol. The number of anilines is 1. The number of aryl methyl sites for hydroxylation is 1. The summed E-state index contributed by atoms with van der Waals surface area (Å²) in [4.78, 5) is 14.6. The highest BCUT2D eigenvalue weighted by Crippen LogP contribution is 2.33. The molecule has 1 aliphatic rings. The number of hydrogen-bond acceptors (Lipinski definition) is 3. The average molecular weight is 301 g/mol. The molecule has 4 heteroatoms. The number of carbonyl (C=O) groups excluding carboxylic acids is 1. The minimum Gasteiger partial charge on any atom is -0.495 e. The molecule has 3 nitrogen and oxygen atoms in total. The summed E-state index contributed by atoms with van der Waals surface area (Å²) in [5.41, 5.74) is 2.06. The van der Waals surface area contributed by atoms with Crippen molar-refractivity contribution in [1.82, 2.24) is 0 Å². The summed E-state index contributed by atoms with van der Waals surface area (Å²) in [6.45, 7) is 2.27. The summed E-state index contributed by atoms with van der Waals surface area (Å²) in [6.07, 6.45) is 3.41. The predicted octanol–water partition coefficient (Wildman–Crippen LogP) is 4.13. The van der Waals surface area contributed by atoms with Crippen LogP contribution in [0.25, 0.3) is 0 Å². The second-order valence-corrected chi connectivity index (χ2v) is 6.70. The van der Waals surface area contributed by atoms with Gasteiger partial charge >= 0.3 is 0 Å². The smallest absolute Gasteiger partial charge is 0.265 e. The third-order valence-corrected chi connectivity index (χ3v) is 5.14. The van der Waals surface area contributed by atoms with Gasteiger partial charge in [0.25, 0.3) is 5.91 Å². The maximum Gasteiger partial charge on any atom is 0.265 e. The van der Waals surface area contributed by atoms with Gasteiger partial charge in [0.1, 0.15) is 5.75 Å². The second kappa shape index (κ2) is 5.90. The molecule has 110 valence electrons. The van der Waals surface area contributed by atoms with E-state index in [0.29, 0.717) is 11.4 Å². The van der Waals surface area contributed by atoms with E-state index in [2.05, 4.69) is 18.3 Å². The Bertz CT molecular complexity index is 663. The third kappa shape index (κ3) is 2.95. The Hall–Kier alpha value is -1.81. The molecule has 2 aromatic rings. The van der Waals surface area contributed by atoms with Crippen LogP contribution in [0.3, 0.4) is 0 Å². The minimum absolute atomic E-state index is 0.0495. The van der Waals surface area contributed by atoms with Crippen LogP contribution in [-0.2, 0) is 12.8 Å². The van der Waals surface area contributed by atoms with E-state index >= 15 is 0 Å². The lowest BCUT2D eigenvalue weighted by molar-refractivity contribution is 0.103. The van der Waals surface area contributed by atoms with Crippen molar-refractivity contribution < 1.29 is 9.53 Å². The molecule has 1 aliphatic carbocycles. The number of amides is 1. The van der Waals surface area contributed by atoms with Crippen molar-refractivity contribution >= 4 is 22.9 Å². The summed E-state index contributed by atoms with van der Waals surface area (Å²) in [5, 5.41) is 2.94. The molecule has 0 aliphatic heterocycles. The molecule has 0 spiro atoms. The molecule has 1 amide bonds. The van der Waals surface area contributed by atoms with Crippen molar-refractivity contribution in [2.75, 3.05) is 12.4 Å². The second-order valence-electron chi connectivity index (χ2n) is 5.56. The molecule has 0 radical (unpaired) electrons. The molecule has 0 saturated carbocycles. The monoisotopic (exact) mass is 301 g/mol. The average Bonchev–Trinajstić information content (AvgIpc) is 2.91. The van der Waals surface area contributed by atoms with Crippen molar-refractivity contribution in [1.29, 1.82) is 0 Å². The van der Waals surface area contributed by atoms with Gasteiger partial charge in [0.05, 0.1) is 17.7 Å². The number of nitrogens with one attached hydrogen (secondary N) is 1. The van der Waals surface area contributed by atoms with Gasteiger partial charge in [0.2, 0.25) is 0 Å². The van der Waals surface area contributed by atoms with Crippen LogP contribution in [0.1, 0.15) is 33.5 Å². The summed E-state index contributed by atoms with van der Waals surface area (Å²) in [5.74, 6) is 1.35. The van der Waals surface area contributed by atoms with Crippen LogP contribution in [-0.4, -0.2) is 13.0 Å². The molecule has 21 heavy (non-hydrogen) atoms. The molecule has 3 rings (SSSR count). The fraction of sp³-hybridized carbons (Fsp3) is 0.353. The standard InChI is InChI=1S/C17H19NO2S/c1-11-7-8-15-12(9-11)10-16(21-15)17(19)18-13-5-3-4-6-14(13)20-2/h3-6,10-11H,7-9H2,1-2H3,(H,18,19)/t11-/m0/s1. The lowest BCUT2D eigenvalue weighted by atomic mass is 9.90. The quantitative estimate of drug-likeness (QED) is 0.925. The molecule has 0 fully saturated rings. The molecule has 1 N–H and O–H groups in total. The van der Waals surface area contributed by atoms with Crippen LogP contribution in [0, 0.1) is 5.92 Å². The Morgan fingerprint density at radius 2 is 2.19 bits per heavy atom. The predicted molar refractivity (Wildman–Crippen MR) is 86.5 cm³/mol. The van der Waals surface area contributed by atoms with Crippen LogP contribution in [0.5, 0.6) is 5.75 Å². The fourth-order valence-corrected chi connectivity index (χ4v) is 3.85. The number of ether oxygens (including phenoxy) is 1. The van der Waals surface area contributed by atoms with Gasteiger partial charge < -0.3 is 10.1 Å². The SMILES string of the molecule is COc1ccccc1NC(=O)c1cc2c(s1)CC[C@H](C)C2. The van der Waals surface area contributed by atoms with Crippen LogP contribution in [0.4, 0.5) is 5.69 Å². The van der Waals surface area contributed by atoms with Gasteiger partial charge in [-0.3, -0.25) is 4.79 Å². The van der Waals surface area contributed by atoms with Gasteiger partial charge in [-0.1, -0.05) is 19.1 Å². The van der Waals surface area contributed by atoms with Crippen molar-refractivity contribution in [2.24, 2.45) is 5.92 Å². The molecule has 1 aromatic heterocycles. The zero-order valence-corrected chi connectivity index (χ0v) is 13.1. The number of hydrogen-bond donors (Lipinski definition) is 1. The molecule has 1 aromatic carbocycles. The lowest BCUT2D eigenvalue weighted by Gasteiger charge is -2.16. The van der Waals surface area contributed by atoms with Gasteiger partial charge in [-0.2, -0.15) is 0 Å². The zero-order chi connectivity index (χ0) is 14.8. The Balaban J connectivity index is 1.80. The topological polar surface area (TPSA) is 38.3 Å². The Morgan fingerprint density at radius 1 is 1.38 bits per heavy atom. The number of benzene rings is 1. The number of thiophene rings is 1. The molecule has 1 heterocycles. The summed E-state index contributed by atoms with van der Waals surface area (Å²) < 4.78 is 5.27. The van der Waals surface area contributed by atoms with Crippen LogP contribution in [0.2, 0.25) is 0 Å². The highest BCUT2D eigenvalue weighted by molar-refractivity contribution is 7.14. The number of fused-ring (bicyclic) bond motifs is 1. The summed E-state index contributed by atoms with van der Waals surface area (Å²) in [7, 11) is 1.61. The fourth-order valence-electron chi connectivity index (χ4n) is 2.75. The third-order valence-electron chi connectivity index (χ3n) is 3.91. The van der Waals surface area contributed by atoms with Gasteiger partial charge in [-0.15, -0.1) is 11.3 Å². The Kier molecular flexibility index (Phi) is 3.97. The van der Waals surface area contributed by atoms with Crippen molar-refractivity contribution in [3.05, 3.63) is 45.6 Å². The first kappa shape index (κ1) is 14.1. The highest BCUT2D eigenvalue weighted by atomic mass is 32.1. The lowest BCUT2D eigenvalue weighted by Crippen LogP contribution is -2.11. The maximum atomic E-state index is 12.4. The molecule has 0 saturated heterocycles. The number of carbonyl (C=O) groups is 1. The van der Waals surface area contributed by atoms with E-state index < -0.39 is 0 Å². The van der Waals surface area contributed by atoms with E-state index in [1.807, 2.05) is 24.3 Å². The van der Waals surface area contributed by atoms with E-state index in [0.717, 1.165) is 23.6 Å². The maximum absolute atomic E-state index is 12.4. The van der Waals surface area contributed by atoms with Gasteiger partial charge in [-0.05, 0) is 48.9 Å². The molecule has 0 bridgehead atoms. The van der Waals surface area contributed by atoms with Gasteiger partial charge in [-0.25, -0.2) is 0 Å². The van der Waals surface area contributed by atoms with Crippen LogP contribution >= 0.6 is 11.3 Å². The first-order valence-corrected chi connectivity index (χ1v) is 8.05. The largest absolute Gasteiger partial charge is 0.495 e. The number of rotatable bonds is 3. The van der Waals surface area contributed by atoms with E-state index in [9.17, 15) is 4.79 Å².